The van der Waals surface area contributed by atoms with Gasteiger partial charge in [0.2, 0.25) is 0 Å². The van der Waals surface area contributed by atoms with E-state index in [1.165, 1.54) is 25.1 Å². The van der Waals surface area contributed by atoms with Crippen LogP contribution in [0.15, 0.2) is 18.3 Å². The van der Waals surface area contributed by atoms with E-state index < -0.39 is 0 Å². The van der Waals surface area contributed by atoms with Crippen LogP contribution in [0.1, 0.15) is 25.8 Å². The van der Waals surface area contributed by atoms with Gasteiger partial charge < -0.3 is 5.32 Å². The molecule has 1 aliphatic rings. The largest absolute Gasteiger partial charge is 0.373 e. The van der Waals surface area contributed by atoms with E-state index in [-0.39, 0.29) is 0 Å². The first-order valence-electron chi connectivity index (χ1n) is 5.94. The number of aromatic nitrogens is 1. The van der Waals surface area contributed by atoms with Crippen LogP contribution in [0.2, 0.25) is 0 Å². The Bertz CT molecular complexity index is 360. The lowest BCUT2D eigenvalue weighted by molar-refractivity contribution is 0.284. The number of hydrogen-bond donors (Lipinski definition) is 1. The molecule has 1 aromatic rings. The fraction of sp³-hybridized carbons (Fsp3) is 0.615. The average Bonchev–Trinajstić information content (AvgIpc) is 2.58. The lowest BCUT2D eigenvalue weighted by Crippen LogP contribution is -2.22. The van der Waals surface area contributed by atoms with E-state index in [4.69, 9.17) is 0 Å². The van der Waals surface area contributed by atoms with Gasteiger partial charge in [0, 0.05) is 26.3 Å². The van der Waals surface area contributed by atoms with Crippen LogP contribution in [-0.2, 0) is 6.54 Å². The summed E-state index contributed by atoms with van der Waals surface area (Å²) in [6.07, 6.45) is 3.18. The Morgan fingerprint density at radius 2 is 2.31 bits per heavy atom. The maximum atomic E-state index is 4.23. The van der Waals surface area contributed by atoms with Crippen LogP contribution in [-0.4, -0.2) is 30.0 Å². The Balaban J connectivity index is 1.99. The summed E-state index contributed by atoms with van der Waals surface area (Å²) in [7, 11) is 1.91. The highest BCUT2D eigenvalue weighted by Gasteiger charge is 2.28. The topological polar surface area (TPSA) is 28.2 Å². The molecule has 1 aliphatic heterocycles. The Labute approximate surface area is 97.9 Å². The minimum Gasteiger partial charge on any atom is -0.373 e. The van der Waals surface area contributed by atoms with Gasteiger partial charge in [0.15, 0.2) is 0 Å². The summed E-state index contributed by atoms with van der Waals surface area (Å²) in [4.78, 5) is 6.75. The molecule has 16 heavy (non-hydrogen) atoms. The van der Waals surface area contributed by atoms with Crippen molar-refractivity contribution in [3.63, 3.8) is 0 Å². The van der Waals surface area contributed by atoms with Crippen molar-refractivity contribution in [2.24, 2.45) is 5.41 Å². The lowest BCUT2D eigenvalue weighted by atomic mass is 9.93. The fourth-order valence-corrected chi connectivity index (χ4v) is 2.33. The third-order valence-corrected chi connectivity index (χ3v) is 3.24. The van der Waals surface area contributed by atoms with Crippen molar-refractivity contribution in [3.05, 3.63) is 23.9 Å². The number of anilines is 1. The van der Waals surface area contributed by atoms with Crippen LogP contribution in [0.4, 0.5) is 5.82 Å². The van der Waals surface area contributed by atoms with Crippen LogP contribution in [0.5, 0.6) is 0 Å². The molecule has 3 nitrogen and oxygen atoms in total. The van der Waals surface area contributed by atoms with Crippen LogP contribution in [0.25, 0.3) is 0 Å². The second-order valence-electron chi connectivity index (χ2n) is 5.42. The van der Waals surface area contributed by atoms with Gasteiger partial charge in [-0.25, -0.2) is 4.98 Å². The van der Waals surface area contributed by atoms with E-state index in [9.17, 15) is 0 Å². The molecule has 0 spiro atoms. The first-order valence-corrected chi connectivity index (χ1v) is 5.94. The van der Waals surface area contributed by atoms with Crippen LogP contribution in [0.3, 0.4) is 0 Å². The Kier molecular flexibility index (Phi) is 3.15. The van der Waals surface area contributed by atoms with Gasteiger partial charge in [-0.15, -0.1) is 0 Å². The molecule has 1 aromatic heterocycles. The number of likely N-dealkylation sites (tertiary alicyclic amines) is 1. The SMILES string of the molecule is CNc1cc(CN2CCC(C)(C)C2)ccn1. The number of rotatable bonds is 3. The monoisotopic (exact) mass is 219 g/mol. The first kappa shape index (κ1) is 11.4. The number of pyridine rings is 1. The molecular weight excluding hydrogens is 198 g/mol. The second kappa shape index (κ2) is 4.42. The normalized spacial score (nSPS) is 19.9. The maximum Gasteiger partial charge on any atom is 0.125 e. The fourth-order valence-electron chi connectivity index (χ4n) is 2.33. The summed E-state index contributed by atoms with van der Waals surface area (Å²) >= 11 is 0. The van der Waals surface area contributed by atoms with Crippen molar-refractivity contribution >= 4 is 5.82 Å². The smallest absolute Gasteiger partial charge is 0.125 e. The van der Waals surface area contributed by atoms with Gasteiger partial charge in [-0.1, -0.05) is 13.8 Å². The molecule has 0 aromatic carbocycles. The zero-order valence-electron chi connectivity index (χ0n) is 10.5. The van der Waals surface area contributed by atoms with Gasteiger partial charge in [0.1, 0.15) is 5.82 Å². The van der Waals surface area contributed by atoms with Gasteiger partial charge >= 0.3 is 0 Å². The molecule has 0 atom stereocenters. The summed E-state index contributed by atoms with van der Waals surface area (Å²) in [5, 5.41) is 3.08. The third kappa shape index (κ3) is 2.73. The van der Waals surface area contributed by atoms with Crippen molar-refractivity contribution in [1.82, 2.24) is 9.88 Å². The zero-order valence-corrected chi connectivity index (χ0v) is 10.5. The summed E-state index contributed by atoms with van der Waals surface area (Å²) in [5.41, 5.74) is 1.83. The molecule has 88 valence electrons. The minimum atomic E-state index is 0.485. The van der Waals surface area contributed by atoms with Gasteiger partial charge in [0.05, 0.1) is 0 Å². The van der Waals surface area contributed by atoms with Crippen molar-refractivity contribution in [2.75, 3.05) is 25.5 Å². The van der Waals surface area contributed by atoms with Crippen molar-refractivity contribution < 1.29 is 0 Å². The molecule has 3 heteroatoms. The molecule has 2 heterocycles. The standard InChI is InChI=1S/C13H21N3/c1-13(2)5-7-16(10-13)9-11-4-6-15-12(8-11)14-3/h4,6,8H,5,7,9-10H2,1-3H3,(H,14,15). The van der Waals surface area contributed by atoms with E-state index >= 15 is 0 Å². The van der Waals surface area contributed by atoms with Crippen molar-refractivity contribution in [2.45, 2.75) is 26.8 Å². The molecule has 0 bridgehead atoms. The number of nitrogens with zero attached hydrogens (tertiary/aromatic N) is 2. The summed E-state index contributed by atoms with van der Waals surface area (Å²) < 4.78 is 0. The predicted octanol–water partition coefficient (Wildman–Crippen LogP) is 2.36. The first-order chi connectivity index (χ1) is 7.59. The van der Waals surface area contributed by atoms with Gasteiger partial charge in [-0.05, 0) is 36.1 Å². The molecular formula is C13H21N3. The van der Waals surface area contributed by atoms with Gasteiger partial charge in [-0.3, -0.25) is 4.90 Å². The van der Waals surface area contributed by atoms with Crippen LogP contribution >= 0.6 is 0 Å². The third-order valence-electron chi connectivity index (χ3n) is 3.24. The highest BCUT2D eigenvalue weighted by Crippen LogP contribution is 2.29. The molecule has 1 fully saturated rings. The molecule has 1 N–H and O–H groups in total. The van der Waals surface area contributed by atoms with Gasteiger partial charge in [0.25, 0.3) is 0 Å². The molecule has 2 rings (SSSR count). The second-order valence-corrected chi connectivity index (χ2v) is 5.42. The Hall–Kier alpha value is -1.09. The van der Waals surface area contributed by atoms with E-state index in [2.05, 4.69) is 41.2 Å². The van der Waals surface area contributed by atoms with Crippen LogP contribution in [0, 0.1) is 5.41 Å². The summed E-state index contributed by atoms with van der Waals surface area (Å²) in [6.45, 7) is 8.15. The number of hydrogen-bond acceptors (Lipinski definition) is 3. The maximum absolute atomic E-state index is 4.23. The van der Waals surface area contributed by atoms with Crippen molar-refractivity contribution in [3.8, 4) is 0 Å². The summed E-state index contributed by atoms with van der Waals surface area (Å²) in [5.74, 6) is 0.955. The van der Waals surface area contributed by atoms with E-state index in [1.54, 1.807) is 0 Å². The number of nitrogens with one attached hydrogen (secondary N) is 1. The van der Waals surface area contributed by atoms with E-state index in [1.807, 2.05) is 13.2 Å². The predicted molar refractivity (Wildman–Crippen MR) is 67.5 cm³/mol. The molecule has 0 aliphatic carbocycles. The highest BCUT2D eigenvalue weighted by molar-refractivity contribution is 5.36. The highest BCUT2D eigenvalue weighted by atomic mass is 15.1. The molecule has 0 unspecified atom stereocenters. The molecule has 1 saturated heterocycles. The Morgan fingerprint density at radius 3 is 2.94 bits per heavy atom. The lowest BCUT2D eigenvalue weighted by Gasteiger charge is -2.19. The average molecular weight is 219 g/mol. The van der Waals surface area contributed by atoms with Crippen molar-refractivity contribution in [1.29, 1.82) is 0 Å². The van der Waals surface area contributed by atoms with E-state index in [0.29, 0.717) is 5.41 Å². The molecule has 0 radical (unpaired) electrons. The molecule has 0 saturated carbocycles. The molecule has 0 amide bonds. The van der Waals surface area contributed by atoms with Crippen LogP contribution < -0.4 is 5.32 Å². The van der Waals surface area contributed by atoms with E-state index in [0.717, 1.165) is 12.4 Å². The zero-order chi connectivity index (χ0) is 11.6. The Morgan fingerprint density at radius 1 is 1.50 bits per heavy atom. The minimum absolute atomic E-state index is 0.485. The van der Waals surface area contributed by atoms with Gasteiger partial charge in [-0.2, -0.15) is 0 Å². The summed E-state index contributed by atoms with van der Waals surface area (Å²) in [6, 6.07) is 4.23. The quantitative estimate of drug-likeness (QED) is 0.846.